The molecule has 0 aliphatic heterocycles. The molecule has 15 heavy (non-hydrogen) atoms. The third-order valence-electron chi connectivity index (χ3n) is 2.03. The van der Waals surface area contributed by atoms with Crippen LogP contribution in [0.25, 0.3) is 0 Å². The van der Waals surface area contributed by atoms with Crippen LogP contribution in [0.5, 0.6) is 0 Å². The van der Waals surface area contributed by atoms with Gasteiger partial charge >= 0.3 is 0 Å². The van der Waals surface area contributed by atoms with Crippen LogP contribution >= 0.6 is 11.6 Å². The zero-order chi connectivity index (χ0) is 10.8. The number of carbonyl (C=O) groups is 1. The predicted octanol–water partition coefficient (Wildman–Crippen LogP) is 2.09. The molecule has 2 aromatic rings. The van der Waals surface area contributed by atoms with E-state index in [9.17, 15) is 4.79 Å². The van der Waals surface area contributed by atoms with Crippen LogP contribution in [0.4, 0.5) is 0 Å². The van der Waals surface area contributed by atoms with Gasteiger partial charge in [-0.25, -0.2) is 0 Å². The van der Waals surface area contributed by atoms with Crippen LogP contribution in [-0.4, -0.2) is 15.6 Å². The van der Waals surface area contributed by atoms with Crippen molar-refractivity contribution in [3.05, 3.63) is 41.1 Å². The van der Waals surface area contributed by atoms with Crippen molar-refractivity contribution in [2.75, 3.05) is 0 Å². The molecule has 0 amide bonds. The number of nitrogens with zero attached hydrogens (tertiary/aromatic N) is 2. The molecule has 4 nitrogen and oxygen atoms in total. The van der Waals surface area contributed by atoms with Gasteiger partial charge in [-0.15, -0.1) is 0 Å². The number of aromatic nitrogens is 2. The van der Waals surface area contributed by atoms with Crippen molar-refractivity contribution in [3.8, 4) is 0 Å². The Morgan fingerprint density at radius 1 is 1.60 bits per heavy atom. The van der Waals surface area contributed by atoms with E-state index in [1.807, 2.05) is 0 Å². The molecule has 0 aliphatic carbocycles. The molecule has 0 atom stereocenters. The number of furan rings is 1. The fourth-order valence-electron chi connectivity index (χ4n) is 1.31. The van der Waals surface area contributed by atoms with Gasteiger partial charge in [0.25, 0.3) is 0 Å². The van der Waals surface area contributed by atoms with Gasteiger partial charge in [0.05, 0.1) is 23.9 Å². The molecule has 0 aromatic carbocycles. The summed E-state index contributed by atoms with van der Waals surface area (Å²) >= 11 is 5.69. The number of aryl methyl sites for hydroxylation is 1. The van der Waals surface area contributed by atoms with Gasteiger partial charge < -0.3 is 4.42 Å². The second kappa shape index (κ2) is 3.90. The summed E-state index contributed by atoms with van der Waals surface area (Å²) in [5, 5.41) is 4.25. The number of halogens is 1. The van der Waals surface area contributed by atoms with Gasteiger partial charge in [0.2, 0.25) is 5.22 Å². The summed E-state index contributed by atoms with van der Waals surface area (Å²) in [5.41, 5.74) is 1.13. The van der Waals surface area contributed by atoms with E-state index in [1.54, 1.807) is 30.1 Å². The second-order valence-corrected chi connectivity index (χ2v) is 3.53. The lowest BCUT2D eigenvalue weighted by Gasteiger charge is -1.94. The summed E-state index contributed by atoms with van der Waals surface area (Å²) in [6, 6.07) is 3.36. The number of rotatable bonds is 3. The Hall–Kier alpha value is -1.55. The molecular formula is C10H9ClN2O2. The zero-order valence-corrected chi connectivity index (χ0v) is 8.86. The minimum absolute atomic E-state index is 0.0903. The number of ketones is 1. The Morgan fingerprint density at radius 3 is 2.93 bits per heavy atom. The fraction of sp³-hybridized carbons (Fsp3) is 0.200. The van der Waals surface area contributed by atoms with Gasteiger partial charge in [-0.1, -0.05) is 0 Å². The van der Waals surface area contributed by atoms with E-state index in [2.05, 4.69) is 5.10 Å². The molecule has 2 rings (SSSR count). The van der Waals surface area contributed by atoms with E-state index < -0.39 is 0 Å². The van der Waals surface area contributed by atoms with Gasteiger partial charge in [-0.3, -0.25) is 9.48 Å². The molecule has 0 aliphatic rings. The highest BCUT2D eigenvalue weighted by Crippen LogP contribution is 2.18. The Morgan fingerprint density at radius 2 is 2.40 bits per heavy atom. The smallest absolute Gasteiger partial charge is 0.203 e. The minimum atomic E-state index is -0.0903. The number of carbonyl (C=O) groups excluding carboxylic acids is 1. The first kappa shape index (κ1) is 9.98. The molecule has 78 valence electrons. The van der Waals surface area contributed by atoms with Crippen molar-refractivity contribution in [1.82, 2.24) is 9.78 Å². The van der Waals surface area contributed by atoms with Crippen molar-refractivity contribution in [2.45, 2.75) is 6.42 Å². The first-order valence-corrected chi connectivity index (χ1v) is 4.79. The molecule has 2 heterocycles. The molecule has 0 saturated heterocycles. The summed E-state index contributed by atoms with van der Waals surface area (Å²) in [4.78, 5) is 11.7. The van der Waals surface area contributed by atoms with Crippen LogP contribution in [0.3, 0.4) is 0 Å². The molecule has 0 saturated carbocycles. The van der Waals surface area contributed by atoms with E-state index in [1.165, 1.54) is 6.26 Å². The van der Waals surface area contributed by atoms with Crippen LogP contribution in [0, 0.1) is 0 Å². The summed E-state index contributed by atoms with van der Waals surface area (Å²) in [5.74, 6) is -0.0903. The van der Waals surface area contributed by atoms with E-state index in [0.29, 0.717) is 5.56 Å². The lowest BCUT2D eigenvalue weighted by Crippen LogP contribution is -2.04. The number of Topliss-reactive ketones (excluding diaryl/α,β-unsaturated/α-hetero) is 1. The number of hydrogen-bond donors (Lipinski definition) is 0. The van der Waals surface area contributed by atoms with Crippen molar-refractivity contribution in [1.29, 1.82) is 0 Å². The highest BCUT2D eigenvalue weighted by Gasteiger charge is 2.14. The molecule has 5 heteroatoms. The summed E-state index contributed by atoms with van der Waals surface area (Å²) < 4.78 is 6.50. The van der Waals surface area contributed by atoms with Gasteiger partial charge in [-0.05, 0) is 23.7 Å². The molecule has 2 aromatic heterocycles. The first-order valence-electron chi connectivity index (χ1n) is 4.41. The fourth-order valence-corrected chi connectivity index (χ4v) is 1.53. The summed E-state index contributed by atoms with van der Waals surface area (Å²) in [7, 11) is 1.80. The van der Waals surface area contributed by atoms with Gasteiger partial charge in [-0.2, -0.15) is 5.10 Å². The molecule has 0 N–H and O–H groups in total. The molecular weight excluding hydrogens is 216 g/mol. The largest absolute Gasteiger partial charge is 0.452 e. The Bertz CT molecular complexity index is 487. The van der Waals surface area contributed by atoms with E-state index >= 15 is 0 Å². The van der Waals surface area contributed by atoms with Gasteiger partial charge in [0, 0.05) is 13.2 Å². The third-order valence-corrected chi connectivity index (χ3v) is 2.32. The van der Waals surface area contributed by atoms with Crippen molar-refractivity contribution in [3.63, 3.8) is 0 Å². The van der Waals surface area contributed by atoms with E-state index in [0.717, 1.165) is 5.69 Å². The maximum absolute atomic E-state index is 11.7. The van der Waals surface area contributed by atoms with Crippen LogP contribution < -0.4 is 0 Å². The van der Waals surface area contributed by atoms with Crippen LogP contribution in [0.15, 0.2) is 29.0 Å². The van der Waals surface area contributed by atoms with Crippen molar-refractivity contribution < 1.29 is 9.21 Å². The standard InChI is InChI=1S/C10H9ClN2O2/c1-13-4-2-7(12-13)6-9(14)8-3-5-15-10(8)11/h2-5H,6H2,1H3. The van der Waals surface area contributed by atoms with E-state index in [-0.39, 0.29) is 17.4 Å². The normalized spacial score (nSPS) is 10.5. The topological polar surface area (TPSA) is 48.0 Å². The lowest BCUT2D eigenvalue weighted by atomic mass is 10.1. The molecule has 0 spiro atoms. The monoisotopic (exact) mass is 224 g/mol. The Balaban J connectivity index is 2.14. The molecule has 0 unspecified atom stereocenters. The summed E-state index contributed by atoms with van der Waals surface area (Å²) in [6.45, 7) is 0. The van der Waals surface area contributed by atoms with Gasteiger partial charge in [0.15, 0.2) is 5.78 Å². The Labute approximate surface area is 91.4 Å². The average Bonchev–Trinajstić information content (AvgIpc) is 2.75. The molecule has 0 bridgehead atoms. The minimum Gasteiger partial charge on any atom is -0.452 e. The highest BCUT2D eigenvalue weighted by molar-refractivity contribution is 6.32. The predicted molar refractivity (Wildman–Crippen MR) is 55.0 cm³/mol. The maximum Gasteiger partial charge on any atom is 0.203 e. The van der Waals surface area contributed by atoms with Gasteiger partial charge in [0.1, 0.15) is 0 Å². The Kier molecular flexibility index (Phi) is 2.60. The third kappa shape index (κ3) is 2.10. The van der Waals surface area contributed by atoms with Crippen molar-refractivity contribution >= 4 is 17.4 Å². The average molecular weight is 225 g/mol. The van der Waals surface area contributed by atoms with Crippen LogP contribution in [-0.2, 0) is 13.5 Å². The highest BCUT2D eigenvalue weighted by atomic mass is 35.5. The molecule has 0 radical (unpaired) electrons. The second-order valence-electron chi connectivity index (χ2n) is 3.19. The quantitative estimate of drug-likeness (QED) is 0.750. The number of hydrogen-bond acceptors (Lipinski definition) is 3. The zero-order valence-electron chi connectivity index (χ0n) is 8.11. The lowest BCUT2D eigenvalue weighted by molar-refractivity contribution is 0.0991. The first-order chi connectivity index (χ1) is 7.16. The SMILES string of the molecule is Cn1ccc(CC(=O)c2ccoc2Cl)n1. The van der Waals surface area contributed by atoms with Crippen LogP contribution in [0.2, 0.25) is 5.22 Å². The summed E-state index contributed by atoms with van der Waals surface area (Å²) in [6.07, 6.45) is 3.42. The van der Waals surface area contributed by atoms with E-state index in [4.69, 9.17) is 16.0 Å². The molecule has 0 fully saturated rings. The van der Waals surface area contributed by atoms with Crippen LogP contribution in [0.1, 0.15) is 16.1 Å². The maximum atomic E-state index is 11.7. The van der Waals surface area contributed by atoms with Crippen molar-refractivity contribution in [2.24, 2.45) is 7.05 Å².